The lowest BCUT2D eigenvalue weighted by Crippen LogP contribution is -2.42. The normalized spacial score (nSPS) is 12.2. The highest BCUT2D eigenvalue weighted by Crippen LogP contribution is 2.29. The fraction of sp³-hybridized carbons (Fsp3) is 0.192. The highest BCUT2D eigenvalue weighted by atomic mass is 32.2. The van der Waals surface area contributed by atoms with E-state index < -0.39 is 34.5 Å². The maximum Gasteiger partial charge on any atom is 0.341 e. The molecule has 198 valence electrons. The smallest absolute Gasteiger partial charge is 0.341 e. The van der Waals surface area contributed by atoms with Crippen molar-refractivity contribution in [2.75, 3.05) is 13.2 Å². The lowest BCUT2D eigenvalue weighted by atomic mass is 10.0. The van der Waals surface area contributed by atoms with Crippen LogP contribution in [-0.4, -0.2) is 48.4 Å². The molecule has 2 aromatic heterocycles. The van der Waals surface area contributed by atoms with Crippen LogP contribution in [0, 0.1) is 0 Å². The van der Waals surface area contributed by atoms with Crippen LogP contribution in [0.2, 0.25) is 0 Å². The van der Waals surface area contributed by atoms with Crippen LogP contribution in [0.15, 0.2) is 81.8 Å². The van der Waals surface area contributed by atoms with Gasteiger partial charge in [-0.15, -0.1) is 11.3 Å². The zero-order chi connectivity index (χ0) is 27.3. The molecule has 0 aliphatic rings. The van der Waals surface area contributed by atoms with E-state index in [4.69, 9.17) is 9.84 Å². The molecule has 0 fully saturated rings. The van der Waals surface area contributed by atoms with Crippen molar-refractivity contribution in [2.24, 2.45) is 0 Å². The number of nitrogens with zero attached hydrogens (tertiary/aromatic N) is 1. The second-order valence-corrected chi connectivity index (χ2v) is 11.0. The number of rotatable bonds is 11. The number of nitrogens with one attached hydrogen (secondary N) is 2. The number of amides is 1. The number of sulfonamides is 1. The fourth-order valence-electron chi connectivity index (χ4n) is 3.88. The standard InChI is InChI=1S/C26H25N3O7S2/c1-2-29(15-18-6-5-13-37-18)26(33)25(20-7-3-4-8-22(20)36-16-24(31)32)28-38(34,35)19-10-11-21-17(14-19)9-12-23(30)27-21/h3-14,25,28H,2,15-16H2,1H3,(H,27,30)(H,31,32)/t25-/m0/s1. The number of hydrogen-bond acceptors (Lipinski definition) is 7. The van der Waals surface area contributed by atoms with Gasteiger partial charge in [0, 0.05) is 28.6 Å². The first-order chi connectivity index (χ1) is 18.2. The topological polar surface area (TPSA) is 146 Å². The summed E-state index contributed by atoms with van der Waals surface area (Å²) in [6, 6.07) is 15.5. The first-order valence-corrected chi connectivity index (χ1v) is 13.9. The third kappa shape index (κ3) is 6.28. The summed E-state index contributed by atoms with van der Waals surface area (Å²) < 4.78 is 35.0. The van der Waals surface area contributed by atoms with Gasteiger partial charge in [0.1, 0.15) is 11.8 Å². The summed E-state index contributed by atoms with van der Waals surface area (Å²) in [5.74, 6) is -1.68. The lowest BCUT2D eigenvalue weighted by Gasteiger charge is -2.28. The molecule has 10 nitrogen and oxygen atoms in total. The number of carboxylic acids is 1. The number of aliphatic carboxylic acids is 1. The third-order valence-electron chi connectivity index (χ3n) is 5.73. The Morgan fingerprint density at radius 1 is 1.11 bits per heavy atom. The van der Waals surface area contributed by atoms with E-state index in [1.54, 1.807) is 19.1 Å². The highest BCUT2D eigenvalue weighted by Gasteiger charge is 2.33. The van der Waals surface area contributed by atoms with E-state index in [0.717, 1.165) is 4.88 Å². The Balaban J connectivity index is 1.75. The maximum atomic E-state index is 13.8. The number of carbonyl (C=O) groups excluding carboxylic acids is 1. The summed E-state index contributed by atoms with van der Waals surface area (Å²) in [4.78, 5) is 41.5. The molecule has 0 bridgehead atoms. The summed E-state index contributed by atoms with van der Waals surface area (Å²) in [5, 5.41) is 11.5. The van der Waals surface area contributed by atoms with E-state index in [-0.39, 0.29) is 28.3 Å². The molecule has 0 aliphatic carbocycles. The van der Waals surface area contributed by atoms with E-state index in [9.17, 15) is 22.8 Å². The Morgan fingerprint density at radius 3 is 2.61 bits per heavy atom. The van der Waals surface area contributed by atoms with E-state index >= 15 is 0 Å². The first kappa shape index (κ1) is 27.0. The minimum atomic E-state index is -4.26. The lowest BCUT2D eigenvalue weighted by molar-refractivity contribution is -0.139. The fourth-order valence-corrected chi connectivity index (χ4v) is 5.80. The number of aromatic amines is 1. The number of ether oxygens (including phenoxy) is 1. The van der Waals surface area contributed by atoms with E-state index in [0.29, 0.717) is 17.4 Å². The SMILES string of the molecule is CCN(Cc1cccs1)C(=O)[C@@H](NS(=O)(=O)c1ccc2[nH]c(=O)ccc2c1)c1ccccc1OCC(=O)O. The van der Waals surface area contributed by atoms with Gasteiger partial charge < -0.3 is 19.7 Å². The number of hydrogen-bond donors (Lipinski definition) is 3. The molecule has 0 radical (unpaired) electrons. The predicted octanol–water partition coefficient (Wildman–Crippen LogP) is 3.12. The average Bonchev–Trinajstić information content (AvgIpc) is 3.42. The van der Waals surface area contributed by atoms with Gasteiger partial charge in [-0.1, -0.05) is 24.3 Å². The predicted molar refractivity (Wildman–Crippen MR) is 143 cm³/mol. The van der Waals surface area contributed by atoms with Crippen molar-refractivity contribution < 1.29 is 27.9 Å². The Hall–Kier alpha value is -4.00. The number of carbonyl (C=O) groups is 2. The van der Waals surface area contributed by atoms with Crippen LogP contribution in [0.3, 0.4) is 0 Å². The molecule has 0 saturated heterocycles. The maximum absolute atomic E-state index is 13.8. The number of likely N-dealkylation sites (N-methyl/N-ethyl adjacent to an activating group) is 1. The molecule has 2 heterocycles. The quantitative estimate of drug-likeness (QED) is 0.258. The third-order valence-corrected chi connectivity index (χ3v) is 8.01. The van der Waals surface area contributed by atoms with Gasteiger partial charge in [-0.05, 0) is 54.1 Å². The molecule has 12 heteroatoms. The van der Waals surface area contributed by atoms with Crippen molar-refractivity contribution in [3.63, 3.8) is 0 Å². The van der Waals surface area contributed by atoms with Crippen LogP contribution in [0.25, 0.3) is 10.9 Å². The number of fused-ring (bicyclic) bond motifs is 1. The van der Waals surface area contributed by atoms with Gasteiger partial charge in [0.2, 0.25) is 21.5 Å². The van der Waals surface area contributed by atoms with Crippen molar-refractivity contribution in [1.29, 1.82) is 0 Å². The molecule has 4 aromatic rings. The molecule has 2 aromatic carbocycles. The monoisotopic (exact) mass is 555 g/mol. The molecular weight excluding hydrogens is 530 g/mol. The number of benzene rings is 2. The highest BCUT2D eigenvalue weighted by molar-refractivity contribution is 7.89. The van der Waals surface area contributed by atoms with Crippen LogP contribution in [0.1, 0.15) is 23.4 Å². The van der Waals surface area contributed by atoms with E-state index in [1.807, 2.05) is 17.5 Å². The van der Waals surface area contributed by atoms with Crippen molar-refractivity contribution >= 4 is 44.1 Å². The summed E-state index contributed by atoms with van der Waals surface area (Å²) in [7, 11) is -4.26. The van der Waals surface area contributed by atoms with Crippen LogP contribution < -0.4 is 15.0 Å². The molecule has 0 aliphatic heterocycles. The van der Waals surface area contributed by atoms with Gasteiger partial charge in [-0.3, -0.25) is 9.59 Å². The van der Waals surface area contributed by atoms with Crippen LogP contribution in [0.4, 0.5) is 0 Å². The number of aromatic nitrogens is 1. The second-order valence-electron chi connectivity index (χ2n) is 8.28. The number of carboxylic acid groups (broad SMARTS) is 1. The van der Waals surface area contributed by atoms with Crippen LogP contribution >= 0.6 is 11.3 Å². The first-order valence-electron chi connectivity index (χ1n) is 11.6. The number of para-hydroxylation sites is 1. The molecule has 1 atom stereocenters. The molecule has 0 unspecified atom stereocenters. The Bertz CT molecular complexity index is 1620. The van der Waals surface area contributed by atoms with E-state index in [2.05, 4.69) is 9.71 Å². The van der Waals surface area contributed by atoms with Crippen molar-refractivity contribution in [2.45, 2.75) is 24.4 Å². The summed E-state index contributed by atoms with van der Waals surface area (Å²) in [6.45, 7) is 1.69. The number of pyridine rings is 1. The molecule has 0 spiro atoms. The Labute approximate surface area is 222 Å². The van der Waals surface area contributed by atoms with Crippen LogP contribution in [0.5, 0.6) is 5.75 Å². The van der Waals surface area contributed by atoms with Gasteiger partial charge in [0.05, 0.1) is 11.4 Å². The van der Waals surface area contributed by atoms with Crippen molar-refractivity contribution in [1.82, 2.24) is 14.6 Å². The molecule has 0 saturated carbocycles. The molecule has 3 N–H and O–H groups in total. The molecular formula is C26H25N3O7S2. The van der Waals surface area contributed by atoms with Gasteiger partial charge in [0.25, 0.3) is 0 Å². The zero-order valence-electron chi connectivity index (χ0n) is 20.3. The second kappa shape index (κ2) is 11.6. The summed E-state index contributed by atoms with van der Waals surface area (Å²) >= 11 is 1.47. The van der Waals surface area contributed by atoms with Crippen molar-refractivity contribution in [3.8, 4) is 5.75 Å². The minimum absolute atomic E-state index is 0.0687. The van der Waals surface area contributed by atoms with E-state index in [1.165, 1.54) is 58.7 Å². The Morgan fingerprint density at radius 2 is 1.89 bits per heavy atom. The van der Waals surface area contributed by atoms with Gasteiger partial charge in [-0.25, -0.2) is 13.2 Å². The van der Waals surface area contributed by atoms with Crippen LogP contribution in [-0.2, 0) is 26.2 Å². The number of thiophene rings is 1. The molecule has 38 heavy (non-hydrogen) atoms. The number of H-pyrrole nitrogens is 1. The molecule has 4 rings (SSSR count). The average molecular weight is 556 g/mol. The van der Waals surface area contributed by atoms with Gasteiger partial charge in [-0.2, -0.15) is 4.72 Å². The van der Waals surface area contributed by atoms with Crippen molar-refractivity contribution in [3.05, 3.63) is 92.9 Å². The Kier molecular flexibility index (Phi) is 8.25. The largest absolute Gasteiger partial charge is 0.482 e. The summed E-state index contributed by atoms with van der Waals surface area (Å²) in [5.41, 5.74) is 0.321. The minimum Gasteiger partial charge on any atom is -0.482 e. The van der Waals surface area contributed by atoms with Gasteiger partial charge in [0.15, 0.2) is 6.61 Å². The summed E-state index contributed by atoms with van der Waals surface area (Å²) in [6.07, 6.45) is 0. The molecule has 1 amide bonds. The van der Waals surface area contributed by atoms with Gasteiger partial charge >= 0.3 is 5.97 Å². The zero-order valence-corrected chi connectivity index (χ0v) is 21.9.